The number of anilines is 1. The summed E-state index contributed by atoms with van der Waals surface area (Å²) < 4.78 is 49.9. The SMILES string of the molecule is CCNS(=O)(=O)c1ccc(C)cc1.O=S1(=O)Cc2ccc(cc2)N1. The highest BCUT2D eigenvalue weighted by molar-refractivity contribution is 7.92. The van der Waals surface area contributed by atoms with Crippen molar-refractivity contribution >= 4 is 25.7 Å². The van der Waals surface area contributed by atoms with Crippen LogP contribution >= 0.6 is 0 Å². The summed E-state index contributed by atoms with van der Waals surface area (Å²) in [7, 11) is -6.38. The molecule has 0 saturated carbocycles. The predicted molar refractivity (Wildman–Crippen MR) is 94.7 cm³/mol. The number of hydrogen-bond donors (Lipinski definition) is 2. The highest BCUT2D eigenvalue weighted by Crippen LogP contribution is 2.18. The largest absolute Gasteiger partial charge is 0.283 e. The molecule has 2 N–H and O–H groups in total. The van der Waals surface area contributed by atoms with Gasteiger partial charge in [0, 0.05) is 12.2 Å². The third-order valence-corrected chi connectivity index (χ3v) is 6.07. The molecule has 0 spiro atoms. The van der Waals surface area contributed by atoms with E-state index >= 15 is 0 Å². The fourth-order valence-corrected chi connectivity index (χ4v) is 4.33. The summed E-state index contributed by atoms with van der Waals surface area (Å²) in [5, 5.41) is 0. The minimum Gasteiger partial charge on any atom is -0.283 e. The Morgan fingerprint density at radius 1 is 1.04 bits per heavy atom. The molecule has 0 amide bonds. The van der Waals surface area contributed by atoms with Crippen LogP contribution in [0.4, 0.5) is 5.69 Å². The molecule has 0 fully saturated rings. The second kappa shape index (κ2) is 7.33. The third-order valence-electron chi connectivity index (χ3n) is 3.25. The Morgan fingerprint density at radius 3 is 2.17 bits per heavy atom. The van der Waals surface area contributed by atoms with Crippen molar-refractivity contribution in [2.45, 2.75) is 24.5 Å². The van der Waals surface area contributed by atoms with Gasteiger partial charge in [0.15, 0.2) is 0 Å². The lowest BCUT2D eigenvalue weighted by Gasteiger charge is -2.03. The molecule has 2 aromatic carbocycles. The summed E-state index contributed by atoms with van der Waals surface area (Å²) in [6.07, 6.45) is 0. The molecule has 4 rings (SSSR count). The van der Waals surface area contributed by atoms with Crippen LogP contribution in [0.15, 0.2) is 53.4 Å². The fourth-order valence-electron chi connectivity index (χ4n) is 2.09. The third kappa shape index (κ3) is 5.05. The van der Waals surface area contributed by atoms with E-state index in [1.54, 1.807) is 43.3 Å². The molecule has 2 heterocycles. The van der Waals surface area contributed by atoms with Crippen molar-refractivity contribution < 1.29 is 16.8 Å². The van der Waals surface area contributed by atoms with Crippen molar-refractivity contribution in [1.29, 1.82) is 0 Å². The Balaban J connectivity index is 0.000000175. The van der Waals surface area contributed by atoms with Crippen molar-refractivity contribution in [3.8, 4) is 0 Å². The fraction of sp³-hybridized carbons (Fsp3) is 0.250. The highest BCUT2D eigenvalue weighted by Gasteiger charge is 2.15. The Bertz CT molecular complexity index is 857. The lowest BCUT2D eigenvalue weighted by atomic mass is 10.2. The molecule has 0 unspecified atom stereocenters. The molecular formula is C16H20N2O4S2. The number of rotatable bonds is 3. The van der Waals surface area contributed by atoms with Crippen LogP contribution in [0.25, 0.3) is 0 Å². The minimum atomic E-state index is -3.28. The normalized spacial score (nSPS) is 14.9. The van der Waals surface area contributed by atoms with Gasteiger partial charge in [-0.05, 0) is 36.8 Å². The van der Waals surface area contributed by atoms with E-state index in [4.69, 9.17) is 0 Å². The highest BCUT2D eigenvalue weighted by atomic mass is 32.2. The summed E-state index contributed by atoms with van der Waals surface area (Å²) in [5.74, 6) is 0.0868. The molecular weight excluding hydrogens is 348 g/mol. The van der Waals surface area contributed by atoms with E-state index < -0.39 is 20.0 Å². The smallest absolute Gasteiger partial charge is 0.240 e. The average molecular weight is 368 g/mol. The van der Waals surface area contributed by atoms with Crippen LogP contribution in [0.2, 0.25) is 0 Å². The van der Waals surface area contributed by atoms with E-state index in [2.05, 4.69) is 9.44 Å². The molecule has 0 aromatic heterocycles. The molecule has 8 heteroatoms. The van der Waals surface area contributed by atoms with Gasteiger partial charge < -0.3 is 0 Å². The Hall–Kier alpha value is -1.90. The Morgan fingerprint density at radius 2 is 1.62 bits per heavy atom. The number of benzene rings is 2. The first kappa shape index (κ1) is 18.4. The molecule has 2 bridgehead atoms. The van der Waals surface area contributed by atoms with Gasteiger partial charge in [-0.1, -0.05) is 36.8 Å². The Kier molecular flexibility index (Phi) is 5.63. The van der Waals surface area contributed by atoms with Crippen molar-refractivity contribution in [3.05, 3.63) is 59.7 Å². The summed E-state index contributed by atoms with van der Waals surface area (Å²) in [6, 6.07) is 13.9. The van der Waals surface area contributed by atoms with Gasteiger partial charge in [-0.2, -0.15) is 0 Å². The van der Waals surface area contributed by atoms with E-state index in [0.717, 1.165) is 11.1 Å². The maximum absolute atomic E-state index is 11.4. The van der Waals surface area contributed by atoms with Gasteiger partial charge in [0.05, 0.1) is 10.6 Å². The van der Waals surface area contributed by atoms with Crippen molar-refractivity contribution in [2.24, 2.45) is 0 Å². The van der Waals surface area contributed by atoms with E-state index in [1.807, 2.05) is 19.1 Å². The quantitative estimate of drug-likeness (QED) is 0.869. The van der Waals surface area contributed by atoms with Crippen molar-refractivity contribution in [3.63, 3.8) is 0 Å². The molecule has 24 heavy (non-hydrogen) atoms. The van der Waals surface area contributed by atoms with E-state index in [0.29, 0.717) is 17.1 Å². The van der Waals surface area contributed by atoms with Crippen LogP contribution in [-0.4, -0.2) is 23.4 Å². The molecule has 2 aliphatic heterocycles. The maximum Gasteiger partial charge on any atom is 0.240 e. The predicted octanol–water partition coefficient (Wildman–Crippen LogP) is 2.24. The van der Waals surface area contributed by atoms with E-state index in [1.165, 1.54) is 0 Å². The molecule has 0 atom stereocenters. The van der Waals surface area contributed by atoms with E-state index in [9.17, 15) is 16.8 Å². The van der Waals surface area contributed by atoms with Crippen LogP contribution in [0.1, 0.15) is 18.1 Å². The van der Waals surface area contributed by atoms with Gasteiger partial charge >= 0.3 is 0 Å². The minimum absolute atomic E-state index is 0.0868. The second-order valence-electron chi connectivity index (χ2n) is 5.37. The average Bonchev–Trinajstić information content (AvgIpc) is 2.73. The molecule has 130 valence electrons. The molecule has 0 radical (unpaired) electrons. The molecule has 2 aliphatic rings. The molecule has 6 nitrogen and oxygen atoms in total. The first-order chi connectivity index (χ1) is 11.2. The lowest BCUT2D eigenvalue weighted by molar-refractivity contribution is 0.583. The van der Waals surface area contributed by atoms with Crippen molar-refractivity contribution in [1.82, 2.24) is 4.72 Å². The number of aryl methyl sites for hydroxylation is 1. The molecule has 2 aromatic rings. The maximum atomic E-state index is 11.4. The van der Waals surface area contributed by atoms with Crippen LogP contribution in [0.5, 0.6) is 0 Å². The summed E-state index contributed by atoms with van der Waals surface area (Å²) >= 11 is 0. The first-order valence-corrected chi connectivity index (χ1v) is 10.5. The number of hydrogen-bond acceptors (Lipinski definition) is 4. The van der Waals surface area contributed by atoms with Crippen LogP contribution in [0.3, 0.4) is 0 Å². The molecule has 0 aliphatic carbocycles. The van der Waals surface area contributed by atoms with Gasteiger partial charge in [-0.3, -0.25) is 4.72 Å². The lowest BCUT2D eigenvalue weighted by Crippen LogP contribution is -2.22. The van der Waals surface area contributed by atoms with Gasteiger partial charge in [-0.15, -0.1) is 0 Å². The van der Waals surface area contributed by atoms with Gasteiger partial charge in [0.2, 0.25) is 20.0 Å². The van der Waals surface area contributed by atoms with Crippen molar-refractivity contribution in [2.75, 3.05) is 11.3 Å². The zero-order valence-electron chi connectivity index (χ0n) is 13.5. The summed E-state index contributed by atoms with van der Waals surface area (Å²) in [4.78, 5) is 0.319. The van der Waals surface area contributed by atoms with Gasteiger partial charge in [0.1, 0.15) is 0 Å². The zero-order chi connectivity index (χ0) is 17.8. The molecule has 0 saturated heterocycles. The topological polar surface area (TPSA) is 92.3 Å². The first-order valence-electron chi connectivity index (χ1n) is 7.37. The van der Waals surface area contributed by atoms with E-state index in [-0.39, 0.29) is 5.75 Å². The standard InChI is InChI=1S/C9H13NO2S.C7H7NO2S/c1-3-10-13(11,12)9-6-4-8(2)5-7-9;9-11(10)5-6-1-3-7(8-11)4-2-6/h4-7,10H,3H2,1-2H3;1-4,8H,5H2. The van der Waals surface area contributed by atoms with Gasteiger partial charge in [-0.25, -0.2) is 21.6 Å². The number of sulfonamides is 2. The zero-order valence-corrected chi connectivity index (χ0v) is 15.1. The monoisotopic (exact) mass is 368 g/mol. The van der Waals surface area contributed by atoms with Crippen LogP contribution in [0, 0.1) is 6.92 Å². The number of nitrogens with one attached hydrogen (secondary N) is 2. The summed E-state index contributed by atoms with van der Waals surface area (Å²) in [5.41, 5.74) is 2.53. The number of fused-ring (bicyclic) bond motifs is 4. The van der Waals surface area contributed by atoms with Gasteiger partial charge in [0.25, 0.3) is 0 Å². The summed E-state index contributed by atoms with van der Waals surface area (Å²) in [6.45, 7) is 4.09. The second-order valence-corrected chi connectivity index (χ2v) is 8.86. The van der Waals surface area contributed by atoms with Crippen LogP contribution in [-0.2, 0) is 25.8 Å². The van der Waals surface area contributed by atoms with Crippen LogP contribution < -0.4 is 9.44 Å². The Labute approximate surface area is 143 Å².